The van der Waals surface area contributed by atoms with Crippen molar-refractivity contribution >= 4 is 24.0 Å². The highest BCUT2D eigenvalue weighted by Gasteiger charge is 2.28. The number of benzene rings is 1. The first-order valence-electron chi connectivity index (χ1n) is 7.19. The summed E-state index contributed by atoms with van der Waals surface area (Å²) in [6.45, 7) is -1.36. The molecule has 1 aliphatic carbocycles. The number of carbonyl (C=O) groups excluding carboxylic acids is 1. The maximum atomic E-state index is 12.2. The Hall–Kier alpha value is -1.47. The zero-order chi connectivity index (χ0) is 16.2. The molecule has 0 bridgehead atoms. The van der Waals surface area contributed by atoms with Crippen LogP contribution in [0, 0.1) is 5.92 Å². The predicted molar refractivity (Wildman–Crippen MR) is 83.8 cm³/mol. The molecule has 4 nitrogen and oxygen atoms in total. The standard InChI is InChI=1S/C15H19F3N2O2.ClH/c16-15(17,18)9-22-13-6-2-5-12(8-13)20-14(21)10-3-1-4-11(19)7-10;/h2,5-6,8,10-11H,1,3-4,7,9,19H2,(H,20,21);1H. The number of ether oxygens (including phenoxy) is 1. The minimum absolute atomic E-state index is 0. The van der Waals surface area contributed by atoms with Gasteiger partial charge in [-0.2, -0.15) is 13.2 Å². The fourth-order valence-electron chi connectivity index (χ4n) is 2.54. The number of rotatable bonds is 4. The summed E-state index contributed by atoms with van der Waals surface area (Å²) in [4.78, 5) is 12.2. The van der Waals surface area contributed by atoms with Gasteiger partial charge in [0.15, 0.2) is 6.61 Å². The Morgan fingerprint density at radius 3 is 2.74 bits per heavy atom. The van der Waals surface area contributed by atoms with E-state index < -0.39 is 12.8 Å². The fourth-order valence-corrected chi connectivity index (χ4v) is 2.54. The van der Waals surface area contributed by atoms with E-state index in [-0.39, 0.29) is 36.0 Å². The lowest BCUT2D eigenvalue weighted by Crippen LogP contribution is -2.34. The van der Waals surface area contributed by atoms with Crippen molar-refractivity contribution in [1.82, 2.24) is 0 Å². The number of amides is 1. The van der Waals surface area contributed by atoms with Gasteiger partial charge in [0.05, 0.1) is 0 Å². The van der Waals surface area contributed by atoms with Gasteiger partial charge in [0.2, 0.25) is 5.91 Å². The molecular formula is C15H20ClF3N2O2. The normalized spacial score (nSPS) is 21.2. The number of nitrogens with two attached hydrogens (primary N) is 1. The van der Waals surface area contributed by atoms with E-state index in [0.717, 1.165) is 19.3 Å². The molecule has 1 amide bonds. The third kappa shape index (κ3) is 6.66. The second kappa shape index (κ2) is 8.40. The highest BCUT2D eigenvalue weighted by Crippen LogP contribution is 2.26. The van der Waals surface area contributed by atoms with E-state index in [9.17, 15) is 18.0 Å². The molecular weight excluding hydrogens is 333 g/mol. The van der Waals surface area contributed by atoms with Crippen LogP contribution in [-0.4, -0.2) is 24.7 Å². The topological polar surface area (TPSA) is 64.4 Å². The number of halogens is 4. The molecule has 0 radical (unpaired) electrons. The van der Waals surface area contributed by atoms with E-state index >= 15 is 0 Å². The van der Waals surface area contributed by atoms with E-state index in [4.69, 9.17) is 5.73 Å². The van der Waals surface area contributed by atoms with Gasteiger partial charge in [-0.05, 0) is 31.4 Å². The molecule has 1 aliphatic rings. The van der Waals surface area contributed by atoms with Gasteiger partial charge in [0, 0.05) is 23.7 Å². The molecule has 130 valence electrons. The van der Waals surface area contributed by atoms with Crippen LogP contribution in [0.3, 0.4) is 0 Å². The zero-order valence-electron chi connectivity index (χ0n) is 12.4. The quantitative estimate of drug-likeness (QED) is 0.871. The monoisotopic (exact) mass is 352 g/mol. The third-order valence-electron chi connectivity index (χ3n) is 3.59. The number of carbonyl (C=O) groups is 1. The molecule has 8 heteroatoms. The molecule has 0 spiro atoms. The Balaban J connectivity index is 0.00000264. The average molecular weight is 353 g/mol. The first-order chi connectivity index (χ1) is 10.3. The summed E-state index contributed by atoms with van der Waals surface area (Å²) < 4.78 is 41.0. The molecule has 0 saturated heterocycles. The summed E-state index contributed by atoms with van der Waals surface area (Å²) in [5.41, 5.74) is 6.27. The van der Waals surface area contributed by atoms with Crippen LogP contribution in [0.4, 0.5) is 18.9 Å². The molecule has 2 unspecified atom stereocenters. The largest absolute Gasteiger partial charge is 0.484 e. The van der Waals surface area contributed by atoms with Crippen LogP contribution in [0.5, 0.6) is 5.75 Å². The van der Waals surface area contributed by atoms with Gasteiger partial charge >= 0.3 is 6.18 Å². The lowest BCUT2D eigenvalue weighted by Gasteiger charge is -2.25. The van der Waals surface area contributed by atoms with Crippen molar-refractivity contribution in [2.24, 2.45) is 11.7 Å². The fraction of sp³-hybridized carbons (Fsp3) is 0.533. The number of hydrogen-bond acceptors (Lipinski definition) is 3. The van der Waals surface area contributed by atoms with Crippen LogP contribution in [0.15, 0.2) is 24.3 Å². The van der Waals surface area contributed by atoms with Crippen molar-refractivity contribution in [2.75, 3.05) is 11.9 Å². The van der Waals surface area contributed by atoms with Crippen molar-refractivity contribution in [3.8, 4) is 5.75 Å². The van der Waals surface area contributed by atoms with Crippen molar-refractivity contribution < 1.29 is 22.7 Å². The minimum atomic E-state index is -4.39. The van der Waals surface area contributed by atoms with Crippen LogP contribution >= 0.6 is 12.4 Å². The van der Waals surface area contributed by atoms with E-state index in [1.165, 1.54) is 18.2 Å². The van der Waals surface area contributed by atoms with Crippen LogP contribution in [-0.2, 0) is 4.79 Å². The number of alkyl halides is 3. The van der Waals surface area contributed by atoms with E-state index in [0.29, 0.717) is 12.1 Å². The van der Waals surface area contributed by atoms with Gasteiger partial charge in [-0.25, -0.2) is 0 Å². The van der Waals surface area contributed by atoms with Gasteiger partial charge in [0.25, 0.3) is 0 Å². The highest BCUT2D eigenvalue weighted by molar-refractivity contribution is 5.92. The molecule has 2 atom stereocenters. The van der Waals surface area contributed by atoms with Crippen molar-refractivity contribution in [1.29, 1.82) is 0 Å². The third-order valence-corrected chi connectivity index (χ3v) is 3.59. The molecule has 3 N–H and O–H groups in total. The van der Waals surface area contributed by atoms with Crippen molar-refractivity contribution in [3.63, 3.8) is 0 Å². The zero-order valence-corrected chi connectivity index (χ0v) is 13.3. The Morgan fingerprint density at radius 2 is 2.09 bits per heavy atom. The summed E-state index contributed by atoms with van der Waals surface area (Å²) in [6, 6.07) is 5.98. The summed E-state index contributed by atoms with van der Waals surface area (Å²) in [6.07, 6.45) is -1.14. The molecule has 23 heavy (non-hydrogen) atoms. The Kier molecular flexibility index (Phi) is 7.15. The number of hydrogen-bond donors (Lipinski definition) is 2. The Morgan fingerprint density at radius 1 is 1.35 bits per heavy atom. The van der Waals surface area contributed by atoms with Crippen molar-refractivity contribution in [2.45, 2.75) is 37.9 Å². The minimum Gasteiger partial charge on any atom is -0.484 e. The molecule has 0 heterocycles. The smallest absolute Gasteiger partial charge is 0.422 e. The second-order valence-electron chi connectivity index (χ2n) is 5.54. The summed E-state index contributed by atoms with van der Waals surface area (Å²) >= 11 is 0. The van der Waals surface area contributed by atoms with Crippen LogP contribution in [0.25, 0.3) is 0 Å². The predicted octanol–water partition coefficient (Wildman–Crippen LogP) is 3.51. The first-order valence-corrected chi connectivity index (χ1v) is 7.19. The molecule has 1 aromatic rings. The van der Waals surface area contributed by atoms with Gasteiger partial charge in [-0.1, -0.05) is 12.5 Å². The molecule has 1 aromatic carbocycles. The highest BCUT2D eigenvalue weighted by atomic mass is 35.5. The second-order valence-corrected chi connectivity index (χ2v) is 5.54. The Labute approximate surface area is 139 Å². The van der Waals surface area contributed by atoms with E-state index in [2.05, 4.69) is 10.1 Å². The van der Waals surface area contributed by atoms with Crippen LogP contribution in [0.2, 0.25) is 0 Å². The lowest BCUT2D eigenvalue weighted by atomic mass is 9.85. The average Bonchev–Trinajstić information content (AvgIpc) is 2.45. The number of anilines is 1. The van der Waals surface area contributed by atoms with Gasteiger partial charge in [0.1, 0.15) is 5.75 Å². The molecule has 0 aliphatic heterocycles. The maximum Gasteiger partial charge on any atom is 0.422 e. The van der Waals surface area contributed by atoms with E-state index in [1.54, 1.807) is 6.07 Å². The summed E-state index contributed by atoms with van der Waals surface area (Å²) in [7, 11) is 0. The van der Waals surface area contributed by atoms with Gasteiger partial charge in [-0.15, -0.1) is 12.4 Å². The Bertz CT molecular complexity index is 526. The molecule has 2 rings (SSSR count). The van der Waals surface area contributed by atoms with Crippen LogP contribution < -0.4 is 15.8 Å². The first kappa shape index (κ1) is 19.6. The number of nitrogens with one attached hydrogen (secondary N) is 1. The molecule has 1 fully saturated rings. The maximum absolute atomic E-state index is 12.2. The summed E-state index contributed by atoms with van der Waals surface area (Å²) in [5, 5.41) is 2.71. The summed E-state index contributed by atoms with van der Waals surface area (Å²) in [5.74, 6) is -0.234. The van der Waals surface area contributed by atoms with Crippen LogP contribution in [0.1, 0.15) is 25.7 Å². The van der Waals surface area contributed by atoms with Gasteiger partial charge < -0.3 is 15.8 Å². The SMILES string of the molecule is Cl.NC1CCCC(C(=O)Nc2cccc(OCC(F)(F)F)c2)C1. The lowest BCUT2D eigenvalue weighted by molar-refractivity contribution is -0.153. The van der Waals surface area contributed by atoms with E-state index in [1.807, 2.05) is 0 Å². The molecule has 0 aromatic heterocycles. The molecule has 1 saturated carbocycles. The van der Waals surface area contributed by atoms with Crippen molar-refractivity contribution in [3.05, 3.63) is 24.3 Å². The van der Waals surface area contributed by atoms with Gasteiger partial charge in [-0.3, -0.25) is 4.79 Å².